The summed E-state index contributed by atoms with van der Waals surface area (Å²) >= 11 is 1.53. The molecule has 2 rings (SSSR count). The maximum Gasteiger partial charge on any atom is 0.188 e. The average Bonchev–Trinajstić information content (AvgIpc) is 2.51. The van der Waals surface area contributed by atoms with Crippen LogP contribution in [-0.2, 0) is 0 Å². The molecule has 22 heavy (non-hydrogen) atoms. The minimum absolute atomic E-state index is 0.402. The number of ether oxygens (including phenoxy) is 1. The van der Waals surface area contributed by atoms with Crippen LogP contribution in [0.3, 0.4) is 0 Å². The Morgan fingerprint density at radius 1 is 1.18 bits per heavy atom. The van der Waals surface area contributed by atoms with E-state index >= 15 is 0 Å². The summed E-state index contributed by atoms with van der Waals surface area (Å²) in [6, 6.07) is 8.12. The van der Waals surface area contributed by atoms with Gasteiger partial charge in [0.25, 0.3) is 0 Å². The van der Waals surface area contributed by atoms with Crippen LogP contribution in [0.2, 0.25) is 0 Å². The Balaban J connectivity index is 1.84. The lowest BCUT2D eigenvalue weighted by Gasteiger charge is -2.13. The zero-order chi connectivity index (χ0) is 15.8. The molecule has 0 fully saturated rings. The van der Waals surface area contributed by atoms with Crippen LogP contribution in [0.1, 0.15) is 30.9 Å². The molecular formula is C18H20N2OS. The van der Waals surface area contributed by atoms with Crippen molar-refractivity contribution in [3.63, 3.8) is 0 Å². The van der Waals surface area contributed by atoms with Crippen LogP contribution in [0, 0.1) is 18.8 Å². The fourth-order valence-electron chi connectivity index (χ4n) is 1.92. The first-order chi connectivity index (χ1) is 10.7. The van der Waals surface area contributed by atoms with Crippen LogP contribution in [0.15, 0.2) is 41.8 Å². The van der Waals surface area contributed by atoms with Crippen LogP contribution >= 0.6 is 11.8 Å². The third-order valence-electron chi connectivity index (χ3n) is 3.03. The molecule has 0 aliphatic carbocycles. The molecule has 4 heteroatoms. The summed E-state index contributed by atoms with van der Waals surface area (Å²) in [6.07, 6.45) is 3.47. The topological polar surface area (TPSA) is 35.0 Å². The molecular weight excluding hydrogens is 292 g/mol. The maximum atomic E-state index is 5.82. The summed E-state index contributed by atoms with van der Waals surface area (Å²) in [7, 11) is 0. The lowest BCUT2D eigenvalue weighted by Crippen LogP contribution is -2.00. The van der Waals surface area contributed by atoms with Gasteiger partial charge in [0.15, 0.2) is 5.16 Å². The average molecular weight is 312 g/mol. The van der Waals surface area contributed by atoms with Crippen molar-refractivity contribution in [2.75, 3.05) is 12.4 Å². The number of thioether (sulfide) groups is 1. The Morgan fingerprint density at radius 2 is 1.95 bits per heavy atom. The predicted molar refractivity (Wildman–Crippen MR) is 91.3 cm³/mol. The van der Waals surface area contributed by atoms with Gasteiger partial charge in [0.05, 0.1) is 5.75 Å². The zero-order valence-corrected chi connectivity index (χ0v) is 14.0. The van der Waals surface area contributed by atoms with Crippen molar-refractivity contribution in [3.8, 4) is 17.6 Å². The molecule has 0 unspecified atom stereocenters. The third kappa shape index (κ3) is 5.09. The molecule has 0 aliphatic rings. The predicted octanol–water partition coefficient (Wildman–Crippen LogP) is 4.08. The van der Waals surface area contributed by atoms with Crippen molar-refractivity contribution in [3.05, 3.63) is 47.8 Å². The van der Waals surface area contributed by atoms with Crippen LogP contribution in [0.25, 0.3) is 0 Å². The third-order valence-corrected chi connectivity index (χ3v) is 3.79. The molecule has 3 nitrogen and oxygen atoms in total. The van der Waals surface area contributed by atoms with Gasteiger partial charge in [-0.3, -0.25) is 0 Å². The molecule has 0 saturated heterocycles. The fraction of sp³-hybridized carbons (Fsp3) is 0.333. The summed E-state index contributed by atoms with van der Waals surface area (Å²) in [5.41, 5.74) is 2.42. The second kappa shape index (κ2) is 8.45. The first-order valence-corrected chi connectivity index (χ1v) is 8.24. The first-order valence-electron chi connectivity index (χ1n) is 7.25. The Kier molecular flexibility index (Phi) is 6.29. The van der Waals surface area contributed by atoms with Gasteiger partial charge in [0.2, 0.25) is 0 Å². The number of benzene rings is 1. The quantitative estimate of drug-likeness (QED) is 0.473. The van der Waals surface area contributed by atoms with E-state index in [-0.39, 0.29) is 0 Å². The monoisotopic (exact) mass is 312 g/mol. The van der Waals surface area contributed by atoms with E-state index in [4.69, 9.17) is 4.74 Å². The number of nitrogens with zero attached hydrogens (tertiary/aromatic N) is 2. The minimum atomic E-state index is 0.402. The Labute approximate surface area is 136 Å². The number of hydrogen-bond acceptors (Lipinski definition) is 4. The van der Waals surface area contributed by atoms with E-state index in [1.54, 1.807) is 18.5 Å². The SMILES string of the molecule is Cc1ccc(C(C)C)c(OCC#CCSc2ncccn2)c1. The summed E-state index contributed by atoms with van der Waals surface area (Å²) < 4.78 is 5.82. The van der Waals surface area contributed by atoms with E-state index in [1.165, 1.54) is 22.9 Å². The van der Waals surface area contributed by atoms with Crippen molar-refractivity contribution < 1.29 is 4.74 Å². The Bertz CT molecular complexity index is 660. The van der Waals surface area contributed by atoms with Crippen molar-refractivity contribution in [2.24, 2.45) is 0 Å². The van der Waals surface area contributed by atoms with E-state index in [0.29, 0.717) is 18.3 Å². The van der Waals surface area contributed by atoms with Crippen LogP contribution in [0.4, 0.5) is 0 Å². The second-order valence-electron chi connectivity index (χ2n) is 5.16. The molecule has 0 bridgehead atoms. The number of aromatic nitrogens is 2. The van der Waals surface area contributed by atoms with Gasteiger partial charge in [-0.15, -0.1) is 0 Å². The molecule has 0 amide bonds. The van der Waals surface area contributed by atoms with E-state index in [2.05, 4.69) is 60.8 Å². The van der Waals surface area contributed by atoms with Gasteiger partial charge >= 0.3 is 0 Å². The minimum Gasteiger partial charge on any atom is -0.481 e. The van der Waals surface area contributed by atoms with Crippen LogP contribution in [-0.4, -0.2) is 22.3 Å². The van der Waals surface area contributed by atoms with E-state index in [1.807, 2.05) is 0 Å². The number of rotatable bonds is 5. The van der Waals surface area contributed by atoms with Gasteiger partial charge < -0.3 is 4.74 Å². The molecule has 0 spiro atoms. The number of hydrogen-bond donors (Lipinski definition) is 0. The summed E-state index contributed by atoms with van der Waals surface area (Å²) in [5, 5.41) is 0.749. The second-order valence-corrected chi connectivity index (χ2v) is 6.10. The highest BCUT2D eigenvalue weighted by Crippen LogP contribution is 2.27. The molecule has 1 aromatic heterocycles. The Hall–Kier alpha value is -1.99. The Morgan fingerprint density at radius 3 is 2.68 bits per heavy atom. The molecule has 0 saturated carbocycles. The van der Waals surface area contributed by atoms with Gasteiger partial charge in [0, 0.05) is 12.4 Å². The lowest BCUT2D eigenvalue weighted by atomic mass is 10.0. The highest BCUT2D eigenvalue weighted by molar-refractivity contribution is 7.99. The molecule has 1 heterocycles. The van der Waals surface area contributed by atoms with Crippen molar-refractivity contribution in [1.82, 2.24) is 9.97 Å². The lowest BCUT2D eigenvalue weighted by molar-refractivity contribution is 0.364. The largest absolute Gasteiger partial charge is 0.481 e. The van der Waals surface area contributed by atoms with Crippen molar-refractivity contribution in [2.45, 2.75) is 31.8 Å². The van der Waals surface area contributed by atoms with Gasteiger partial charge in [-0.25, -0.2) is 9.97 Å². The maximum absolute atomic E-state index is 5.82. The molecule has 2 aromatic rings. The fourth-order valence-corrected chi connectivity index (χ4v) is 2.49. The first kappa shape index (κ1) is 16.4. The van der Waals surface area contributed by atoms with E-state index in [0.717, 1.165) is 10.9 Å². The summed E-state index contributed by atoms with van der Waals surface area (Å²) in [4.78, 5) is 8.28. The molecule has 0 aliphatic heterocycles. The highest BCUT2D eigenvalue weighted by atomic mass is 32.2. The van der Waals surface area contributed by atoms with E-state index < -0.39 is 0 Å². The van der Waals surface area contributed by atoms with Crippen LogP contribution in [0.5, 0.6) is 5.75 Å². The van der Waals surface area contributed by atoms with Crippen molar-refractivity contribution in [1.29, 1.82) is 0 Å². The molecule has 1 aromatic carbocycles. The molecule has 114 valence electrons. The number of aryl methyl sites for hydroxylation is 1. The summed E-state index contributed by atoms with van der Waals surface area (Å²) in [6.45, 7) is 6.80. The zero-order valence-electron chi connectivity index (χ0n) is 13.2. The smallest absolute Gasteiger partial charge is 0.188 e. The standard InChI is InChI=1S/C18H20N2OS/c1-14(2)16-8-7-15(3)13-17(16)21-11-4-5-12-22-18-19-9-6-10-20-18/h6-10,13-14H,11-12H2,1-3H3. The van der Waals surface area contributed by atoms with Crippen molar-refractivity contribution >= 4 is 11.8 Å². The molecule has 0 atom stereocenters. The normalized spacial score (nSPS) is 10.2. The van der Waals surface area contributed by atoms with E-state index in [9.17, 15) is 0 Å². The highest BCUT2D eigenvalue weighted by Gasteiger charge is 2.07. The molecule has 0 N–H and O–H groups in total. The van der Waals surface area contributed by atoms with Gasteiger partial charge in [0.1, 0.15) is 12.4 Å². The van der Waals surface area contributed by atoms with Gasteiger partial charge in [-0.1, -0.05) is 49.6 Å². The van der Waals surface area contributed by atoms with Crippen LogP contribution < -0.4 is 4.74 Å². The molecule has 0 radical (unpaired) electrons. The summed E-state index contributed by atoms with van der Waals surface area (Å²) in [5.74, 6) is 8.15. The van der Waals surface area contributed by atoms with Gasteiger partial charge in [-0.2, -0.15) is 0 Å². The van der Waals surface area contributed by atoms with Gasteiger partial charge in [-0.05, 0) is 36.1 Å².